The third kappa shape index (κ3) is 3.80. The average molecular weight is 339 g/mol. The van der Waals surface area contributed by atoms with E-state index in [4.69, 9.17) is 27.9 Å². The van der Waals surface area contributed by atoms with Gasteiger partial charge in [0.25, 0.3) is 5.91 Å². The molecule has 1 aromatic carbocycles. The molecule has 22 heavy (non-hydrogen) atoms. The van der Waals surface area contributed by atoms with E-state index in [0.717, 1.165) is 0 Å². The molecule has 1 fully saturated rings. The van der Waals surface area contributed by atoms with Crippen molar-refractivity contribution in [3.63, 3.8) is 0 Å². The van der Waals surface area contributed by atoms with Crippen LogP contribution >= 0.6 is 23.2 Å². The Balaban J connectivity index is 2.30. The Bertz CT molecular complexity index is 622. The van der Waals surface area contributed by atoms with Crippen LogP contribution in [0.1, 0.15) is 19.4 Å². The summed E-state index contributed by atoms with van der Waals surface area (Å²) in [5.74, 6) is -0.333. The molecule has 1 aromatic rings. The highest BCUT2D eigenvalue weighted by atomic mass is 35.5. The van der Waals surface area contributed by atoms with Crippen LogP contribution in [0.4, 0.5) is 0 Å². The summed E-state index contributed by atoms with van der Waals surface area (Å²) in [4.78, 5) is 14.2. The number of ether oxygens (including phenoxy) is 1. The summed E-state index contributed by atoms with van der Waals surface area (Å²) in [5.41, 5.74) is 0.487. The van der Waals surface area contributed by atoms with Crippen LogP contribution in [-0.4, -0.2) is 36.1 Å². The van der Waals surface area contributed by atoms with Crippen molar-refractivity contribution in [2.24, 2.45) is 0 Å². The highest BCUT2D eigenvalue weighted by Gasteiger charge is 2.28. The zero-order chi connectivity index (χ0) is 16.3. The van der Waals surface area contributed by atoms with E-state index in [1.165, 1.54) is 6.08 Å². The van der Waals surface area contributed by atoms with Gasteiger partial charge in [-0.15, -0.1) is 0 Å². The Labute approximate surface area is 139 Å². The second kappa shape index (κ2) is 7.15. The first-order valence-electron chi connectivity index (χ1n) is 6.93. The number of carbonyl (C=O) groups is 1. The quantitative estimate of drug-likeness (QED) is 0.612. The first kappa shape index (κ1) is 16.8. The van der Waals surface area contributed by atoms with E-state index >= 15 is 0 Å². The summed E-state index contributed by atoms with van der Waals surface area (Å²) in [5, 5.41) is 10.1. The minimum absolute atomic E-state index is 0.0105. The van der Waals surface area contributed by atoms with Gasteiger partial charge in [0.15, 0.2) is 0 Å². The van der Waals surface area contributed by atoms with Crippen LogP contribution in [0.2, 0.25) is 10.0 Å². The van der Waals surface area contributed by atoms with Gasteiger partial charge >= 0.3 is 0 Å². The highest BCUT2D eigenvalue weighted by molar-refractivity contribution is 6.37. The van der Waals surface area contributed by atoms with E-state index in [-0.39, 0.29) is 23.7 Å². The lowest BCUT2D eigenvalue weighted by Gasteiger charge is -2.35. The van der Waals surface area contributed by atoms with Crippen molar-refractivity contribution in [2.45, 2.75) is 26.1 Å². The van der Waals surface area contributed by atoms with Crippen LogP contribution in [0.5, 0.6) is 0 Å². The molecule has 6 heteroatoms. The Kier molecular flexibility index (Phi) is 5.47. The predicted octanol–water partition coefficient (Wildman–Crippen LogP) is 3.54. The van der Waals surface area contributed by atoms with Crippen LogP contribution < -0.4 is 0 Å². The summed E-state index contributed by atoms with van der Waals surface area (Å²) in [6.45, 7) is 4.71. The van der Waals surface area contributed by atoms with Gasteiger partial charge in [0.2, 0.25) is 0 Å². The Hall–Kier alpha value is -1.54. The summed E-state index contributed by atoms with van der Waals surface area (Å²) in [6.07, 6.45) is 1.32. The molecule has 2 atom stereocenters. The molecule has 1 heterocycles. The van der Waals surface area contributed by atoms with Gasteiger partial charge in [-0.25, -0.2) is 0 Å². The first-order chi connectivity index (χ1) is 10.4. The van der Waals surface area contributed by atoms with Crippen LogP contribution in [0, 0.1) is 11.3 Å². The van der Waals surface area contributed by atoms with E-state index in [1.54, 1.807) is 23.1 Å². The number of hydrogen-bond donors (Lipinski definition) is 0. The molecule has 0 radical (unpaired) electrons. The second-order valence-corrected chi connectivity index (χ2v) is 6.09. The van der Waals surface area contributed by atoms with Crippen molar-refractivity contribution in [1.82, 2.24) is 4.90 Å². The number of hydrogen-bond acceptors (Lipinski definition) is 3. The number of nitrogens with zero attached hydrogens (tertiary/aromatic N) is 2. The lowest BCUT2D eigenvalue weighted by atomic mass is 10.1. The van der Waals surface area contributed by atoms with Crippen LogP contribution in [0.3, 0.4) is 0 Å². The first-order valence-corrected chi connectivity index (χ1v) is 7.68. The molecule has 116 valence electrons. The molecule has 0 N–H and O–H groups in total. The zero-order valence-corrected chi connectivity index (χ0v) is 13.9. The molecule has 2 unspecified atom stereocenters. The minimum Gasteiger partial charge on any atom is -0.372 e. The molecule has 0 spiro atoms. The standard InChI is InChI=1S/C16H16Cl2N2O2/c1-10-8-20(9-11(2)22-10)16(21)12(7-19)6-13-14(17)4-3-5-15(13)18/h3-6,10-11H,8-9H2,1-2H3/b12-6-. The summed E-state index contributed by atoms with van der Waals surface area (Å²) in [6, 6.07) is 6.98. The van der Waals surface area contributed by atoms with Crippen LogP contribution in [0.15, 0.2) is 23.8 Å². The molecule has 1 saturated heterocycles. The normalized spacial score (nSPS) is 22.3. The molecule has 1 aliphatic heterocycles. The molecule has 0 aliphatic carbocycles. The molecule has 1 amide bonds. The predicted molar refractivity (Wildman–Crippen MR) is 86.6 cm³/mol. The fourth-order valence-electron chi connectivity index (χ4n) is 2.45. The van der Waals surface area contributed by atoms with Crippen LogP contribution in [0.25, 0.3) is 6.08 Å². The lowest BCUT2D eigenvalue weighted by molar-refractivity contribution is -0.138. The number of amides is 1. The average Bonchev–Trinajstić information content (AvgIpc) is 2.45. The molecule has 4 nitrogen and oxygen atoms in total. The number of halogens is 2. The fraction of sp³-hybridized carbons (Fsp3) is 0.375. The van der Waals surface area contributed by atoms with Crippen LogP contribution in [-0.2, 0) is 9.53 Å². The van der Waals surface area contributed by atoms with Gasteiger partial charge in [-0.3, -0.25) is 4.79 Å². The number of rotatable bonds is 2. The van der Waals surface area contributed by atoms with Crippen molar-refractivity contribution < 1.29 is 9.53 Å². The molecule has 1 aliphatic rings. The van der Waals surface area contributed by atoms with E-state index in [2.05, 4.69) is 0 Å². The van der Waals surface area contributed by atoms with Gasteiger partial charge in [0.05, 0.1) is 12.2 Å². The molecule has 0 aromatic heterocycles. The van der Waals surface area contributed by atoms with E-state index < -0.39 is 0 Å². The van der Waals surface area contributed by atoms with E-state index in [0.29, 0.717) is 28.7 Å². The van der Waals surface area contributed by atoms with Gasteiger partial charge in [-0.05, 0) is 32.1 Å². The molecule has 0 bridgehead atoms. The van der Waals surface area contributed by atoms with Crippen molar-refractivity contribution >= 4 is 35.2 Å². The molecular formula is C16H16Cl2N2O2. The van der Waals surface area contributed by atoms with Crippen molar-refractivity contribution in [2.75, 3.05) is 13.1 Å². The van der Waals surface area contributed by atoms with Crippen molar-refractivity contribution in [1.29, 1.82) is 5.26 Å². The SMILES string of the molecule is CC1CN(C(=O)/C(C#N)=C\c2c(Cl)cccc2Cl)CC(C)O1. The van der Waals surface area contributed by atoms with Crippen molar-refractivity contribution in [3.05, 3.63) is 39.4 Å². The third-order valence-corrected chi connectivity index (χ3v) is 4.01. The summed E-state index contributed by atoms with van der Waals surface area (Å²) in [7, 11) is 0. The Morgan fingerprint density at radius 1 is 1.32 bits per heavy atom. The number of morpholine rings is 1. The summed E-state index contributed by atoms with van der Waals surface area (Å²) < 4.78 is 5.60. The summed E-state index contributed by atoms with van der Waals surface area (Å²) >= 11 is 12.2. The smallest absolute Gasteiger partial charge is 0.264 e. The second-order valence-electron chi connectivity index (χ2n) is 5.27. The van der Waals surface area contributed by atoms with Gasteiger partial charge in [-0.2, -0.15) is 5.26 Å². The lowest BCUT2D eigenvalue weighted by Crippen LogP contribution is -2.48. The molecule has 0 saturated carbocycles. The Morgan fingerprint density at radius 3 is 2.36 bits per heavy atom. The van der Waals surface area contributed by atoms with Gasteiger partial charge in [-0.1, -0.05) is 29.3 Å². The third-order valence-electron chi connectivity index (χ3n) is 3.35. The maximum Gasteiger partial charge on any atom is 0.264 e. The fourth-order valence-corrected chi connectivity index (χ4v) is 2.96. The molecule has 2 rings (SSSR count). The maximum atomic E-state index is 12.5. The van der Waals surface area contributed by atoms with E-state index in [1.807, 2.05) is 19.9 Å². The van der Waals surface area contributed by atoms with Gasteiger partial charge in [0.1, 0.15) is 11.6 Å². The number of carbonyl (C=O) groups excluding carboxylic acids is 1. The number of nitriles is 1. The van der Waals surface area contributed by atoms with Crippen molar-refractivity contribution in [3.8, 4) is 6.07 Å². The van der Waals surface area contributed by atoms with Gasteiger partial charge < -0.3 is 9.64 Å². The monoisotopic (exact) mass is 338 g/mol. The largest absolute Gasteiger partial charge is 0.372 e. The topological polar surface area (TPSA) is 53.3 Å². The van der Waals surface area contributed by atoms with Gasteiger partial charge in [0, 0.05) is 28.7 Å². The molecular weight excluding hydrogens is 323 g/mol. The Morgan fingerprint density at radius 2 is 1.86 bits per heavy atom. The van der Waals surface area contributed by atoms with E-state index in [9.17, 15) is 10.1 Å². The minimum atomic E-state index is -0.333. The zero-order valence-electron chi connectivity index (χ0n) is 12.3. The maximum absolute atomic E-state index is 12.5. The number of benzene rings is 1. The highest BCUT2D eigenvalue weighted by Crippen LogP contribution is 2.27.